The first-order valence-corrected chi connectivity index (χ1v) is 7.68. The molecule has 0 bridgehead atoms. The van der Waals surface area contributed by atoms with Gasteiger partial charge in [-0.3, -0.25) is 10.1 Å². The van der Waals surface area contributed by atoms with Gasteiger partial charge in [-0.15, -0.1) is 11.3 Å². The van der Waals surface area contributed by atoms with Crippen molar-refractivity contribution in [2.24, 2.45) is 4.99 Å². The van der Waals surface area contributed by atoms with Crippen LogP contribution in [0.3, 0.4) is 0 Å². The second kappa shape index (κ2) is 9.55. The molecule has 0 fully saturated rings. The molecule has 1 rings (SSSR count). The summed E-state index contributed by atoms with van der Waals surface area (Å²) in [7, 11) is 0. The molecule has 4 nitrogen and oxygen atoms in total. The Kier molecular flexibility index (Phi) is 7.89. The lowest BCUT2D eigenvalue weighted by Gasteiger charge is -2.08. The number of rotatable bonds is 7. The van der Waals surface area contributed by atoms with Crippen LogP contribution in [-0.4, -0.2) is 25.1 Å². The van der Waals surface area contributed by atoms with Gasteiger partial charge < -0.3 is 4.74 Å². The summed E-state index contributed by atoms with van der Waals surface area (Å²) in [6.45, 7) is 5.25. The lowest BCUT2D eigenvalue weighted by Crippen LogP contribution is -2.32. The van der Waals surface area contributed by atoms with Crippen molar-refractivity contribution in [1.82, 2.24) is 5.32 Å². The average molecular weight is 282 g/mol. The highest BCUT2D eigenvalue weighted by Crippen LogP contribution is 2.07. The average Bonchev–Trinajstić information content (AvgIpc) is 2.92. The van der Waals surface area contributed by atoms with Gasteiger partial charge in [-0.1, -0.05) is 32.3 Å². The first-order chi connectivity index (χ1) is 9.27. The van der Waals surface area contributed by atoms with Gasteiger partial charge in [0, 0.05) is 6.54 Å². The Balaban J connectivity index is 2.43. The number of nitrogens with zero attached hydrogens (tertiary/aromatic N) is 1. The SMILES string of the molecule is CCCCCCN=C(NC(=O)c1cccs1)OCC. The fourth-order valence-corrected chi connectivity index (χ4v) is 2.16. The monoisotopic (exact) mass is 282 g/mol. The van der Waals surface area contributed by atoms with Gasteiger partial charge in [0.05, 0.1) is 11.5 Å². The molecule has 0 atom stereocenters. The Morgan fingerprint density at radius 1 is 1.37 bits per heavy atom. The third-order valence-corrected chi connectivity index (χ3v) is 3.38. The molecule has 0 aliphatic heterocycles. The van der Waals surface area contributed by atoms with E-state index in [1.165, 1.54) is 24.2 Å². The lowest BCUT2D eigenvalue weighted by atomic mass is 10.2. The zero-order valence-electron chi connectivity index (χ0n) is 11.6. The predicted molar refractivity (Wildman–Crippen MR) is 79.9 cm³/mol. The maximum Gasteiger partial charge on any atom is 0.291 e. The number of hydrogen-bond donors (Lipinski definition) is 1. The quantitative estimate of drug-likeness (QED) is 0.473. The normalized spacial score (nSPS) is 11.4. The molecule has 1 N–H and O–H groups in total. The summed E-state index contributed by atoms with van der Waals surface area (Å²) < 4.78 is 5.34. The molecule has 1 aromatic rings. The highest BCUT2D eigenvalue weighted by atomic mass is 32.1. The van der Waals surface area contributed by atoms with E-state index in [4.69, 9.17) is 4.74 Å². The molecule has 0 saturated carbocycles. The molecule has 19 heavy (non-hydrogen) atoms. The molecule has 0 unspecified atom stereocenters. The maximum absolute atomic E-state index is 11.9. The Morgan fingerprint density at radius 2 is 2.21 bits per heavy atom. The molecule has 0 saturated heterocycles. The van der Waals surface area contributed by atoms with Gasteiger partial charge >= 0.3 is 0 Å². The topological polar surface area (TPSA) is 50.7 Å². The lowest BCUT2D eigenvalue weighted by molar-refractivity contribution is 0.0970. The van der Waals surface area contributed by atoms with E-state index in [9.17, 15) is 4.79 Å². The highest BCUT2D eigenvalue weighted by Gasteiger charge is 2.09. The van der Waals surface area contributed by atoms with Crippen molar-refractivity contribution < 1.29 is 9.53 Å². The number of hydrogen-bond acceptors (Lipinski definition) is 4. The fraction of sp³-hybridized carbons (Fsp3) is 0.571. The van der Waals surface area contributed by atoms with Crippen molar-refractivity contribution in [3.63, 3.8) is 0 Å². The Bertz CT molecular complexity index is 388. The molecular formula is C14H22N2O2S. The minimum atomic E-state index is -0.157. The van der Waals surface area contributed by atoms with E-state index in [0.29, 0.717) is 24.1 Å². The molecule has 0 spiro atoms. The molecule has 0 aliphatic rings. The predicted octanol–water partition coefficient (Wildman–Crippen LogP) is 3.45. The molecule has 0 radical (unpaired) electrons. The summed E-state index contributed by atoms with van der Waals surface area (Å²) in [6.07, 6.45) is 4.62. The minimum absolute atomic E-state index is 0.157. The van der Waals surface area contributed by atoms with Crippen LogP contribution in [-0.2, 0) is 4.74 Å². The maximum atomic E-state index is 11.9. The number of aliphatic imine (C=N–C) groups is 1. The molecular weight excluding hydrogens is 260 g/mol. The number of ether oxygens (including phenoxy) is 1. The molecule has 106 valence electrons. The third-order valence-electron chi connectivity index (χ3n) is 2.51. The molecule has 1 aromatic heterocycles. The van der Waals surface area contributed by atoms with Crippen LogP contribution in [0.25, 0.3) is 0 Å². The van der Waals surface area contributed by atoms with Crippen LogP contribution in [0.4, 0.5) is 0 Å². The van der Waals surface area contributed by atoms with Gasteiger partial charge in [0.2, 0.25) is 0 Å². The summed E-state index contributed by atoms with van der Waals surface area (Å²) >= 11 is 1.40. The molecule has 1 amide bonds. The molecule has 5 heteroatoms. The smallest absolute Gasteiger partial charge is 0.291 e. The van der Waals surface area contributed by atoms with E-state index >= 15 is 0 Å². The summed E-state index contributed by atoms with van der Waals surface area (Å²) in [5.74, 6) is -0.157. The molecule has 0 aromatic carbocycles. The Hall–Kier alpha value is -1.36. The van der Waals surface area contributed by atoms with Crippen LogP contribution in [0.15, 0.2) is 22.5 Å². The fourth-order valence-electron chi connectivity index (χ4n) is 1.54. The van der Waals surface area contributed by atoms with Crippen molar-refractivity contribution >= 4 is 23.3 Å². The number of unbranched alkanes of at least 4 members (excludes halogenated alkanes) is 3. The summed E-state index contributed by atoms with van der Waals surface area (Å²) in [5, 5.41) is 4.58. The van der Waals surface area contributed by atoms with Crippen molar-refractivity contribution in [3.8, 4) is 0 Å². The zero-order valence-corrected chi connectivity index (χ0v) is 12.5. The molecule has 0 aliphatic carbocycles. The van der Waals surface area contributed by atoms with Gasteiger partial charge in [0.15, 0.2) is 0 Å². The van der Waals surface area contributed by atoms with Crippen LogP contribution >= 0.6 is 11.3 Å². The van der Waals surface area contributed by atoms with E-state index in [2.05, 4.69) is 17.2 Å². The van der Waals surface area contributed by atoms with Gasteiger partial charge in [0.1, 0.15) is 0 Å². The van der Waals surface area contributed by atoms with E-state index in [0.717, 1.165) is 12.8 Å². The van der Waals surface area contributed by atoms with E-state index in [-0.39, 0.29) is 5.91 Å². The zero-order chi connectivity index (χ0) is 13.9. The van der Waals surface area contributed by atoms with Gasteiger partial charge in [-0.2, -0.15) is 0 Å². The van der Waals surface area contributed by atoms with Crippen LogP contribution in [0.2, 0.25) is 0 Å². The van der Waals surface area contributed by atoms with E-state index < -0.39 is 0 Å². The van der Waals surface area contributed by atoms with Crippen molar-refractivity contribution in [3.05, 3.63) is 22.4 Å². The standard InChI is InChI=1S/C14H22N2O2S/c1-3-5-6-7-10-15-14(18-4-2)16-13(17)12-9-8-11-19-12/h8-9,11H,3-7,10H2,1-2H3,(H,15,16,17). The van der Waals surface area contributed by atoms with Crippen LogP contribution in [0.5, 0.6) is 0 Å². The minimum Gasteiger partial charge on any atom is -0.465 e. The summed E-state index contributed by atoms with van der Waals surface area (Å²) in [5.41, 5.74) is 0. The third kappa shape index (κ3) is 6.38. The largest absolute Gasteiger partial charge is 0.465 e. The first kappa shape index (κ1) is 15.7. The van der Waals surface area contributed by atoms with Gasteiger partial charge in [-0.05, 0) is 24.8 Å². The van der Waals surface area contributed by atoms with Crippen LogP contribution in [0.1, 0.15) is 49.2 Å². The van der Waals surface area contributed by atoms with E-state index in [1.54, 1.807) is 6.07 Å². The number of carbonyl (C=O) groups excluding carboxylic acids is 1. The van der Waals surface area contributed by atoms with Crippen molar-refractivity contribution in [1.29, 1.82) is 0 Å². The van der Waals surface area contributed by atoms with Crippen LogP contribution < -0.4 is 5.32 Å². The number of thiophene rings is 1. The Morgan fingerprint density at radius 3 is 2.84 bits per heavy atom. The van der Waals surface area contributed by atoms with Crippen molar-refractivity contribution in [2.75, 3.05) is 13.2 Å². The number of carbonyl (C=O) groups is 1. The van der Waals surface area contributed by atoms with Gasteiger partial charge in [0.25, 0.3) is 11.9 Å². The van der Waals surface area contributed by atoms with Crippen LogP contribution in [0, 0.1) is 0 Å². The summed E-state index contributed by atoms with van der Waals surface area (Å²) in [6, 6.07) is 3.96. The number of nitrogens with one attached hydrogen (secondary N) is 1. The second-order valence-corrected chi connectivity index (χ2v) is 5.06. The second-order valence-electron chi connectivity index (χ2n) is 4.11. The van der Waals surface area contributed by atoms with Crippen molar-refractivity contribution in [2.45, 2.75) is 39.5 Å². The molecule has 1 heterocycles. The summed E-state index contributed by atoms with van der Waals surface area (Å²) in [4.78, 5) is 16.8. The number of amidine groups is 1. The number of amides is 1. The first-order valence-electron chi connectivity index (χ1n) is 6.80. The highest BCUT2D eigenvalue weighted by molar-refractivity contribution is 7.12. The van der Waals surface area contributed by atoms with Gasteiger partial charge in [-0.25, -0.2) is 4.99 Å². The van der Waals surface area contributed by atoms with E-state index in [1.807, 2.05) is 18.4 Å². The Labute approximate surface area is 118 Å².